The van der Waals surface area contributed by atoms with Crippen LogP contribution < -0.4 is 5.14 Å². The van der Waals surface area contributed by atoms with E-state index in [0.717, 1.165) is 39.0 Å². The van der Waals surface area contributed by atoms with E-state index >= 15 is 0 Å². The van der Waals surface area contributed by atoms with Crippen LogP contribution in [0.5, 0.6) is 0 Å². The van der Waals surface area contributed by atoms with E-state index in [9.17, 15) is 4.79 Å². The topological polar surface area (TPSA) is 49.6 Å². The van der Waals surface area contributed by atoms with Gasteiger partial charge in [-0.3, -0.25) is 9.93 Å². The molecule has 1 aliphatic heterocycles. The Kier molecular flexibility index (Phi) is 6.05. The second kappa shape index (κ2) is 7.09. The molecular formula is C10H21N3OS. The second-order valence-corrected chi connectivity index (χ2v) is 4.60. The maximum atomic E-state index is 11.7. The Balaban J connectivity index is 2.18. The summed E-state index contributed by atoms with van der Waals surface area (Å²) in [7, 11) is 0. The average Bonchev–Trinajstić information content (AvgIpc) is 2.29. The molecule has 0 saturated carbocycles. The lowest BCUT2D eigenvalue weighted by molar-refractivity contribution is -0.132. The van der Waals surface area contributed by atoms with E-state index in [4.69, 9.17) is 5.14 Å². The summed E-state index contributed by atoms with van der Waals surface area (Å²) in [4.78, 5) is 13.7. The number of hydrogen-bond acceptors (Lipinski definition) is 4. The molecule has 0 radical (unpaired) electrons. The molecule has 15 heavy (non-hydrogen) atoms. The zero-order valence-corrected chi connectivity index (χ0v) is 10.3. The highest BCUT2D eigenvalue weighted by Gasteiger charge is 2.19. The molecule has 0 aromatic carbocycles. The Morgan fingerprint density at radius 1 is 1.27 bits per heavy atom. The molecule has 0 aromatic rings. The SMILES string of the molecule is CCCCCC(=O)N1CCN(SN)CC1. The molecule has 1 amide bonds. The summed E-state index contributed by atoms with van der Waals surface area (Å²) in [5.41, 5.74) is 0. The van der Waals surface area contributed by atoms with E-state index in [1.54, 1.807) is 0 Å². The summed E-state index contributed by atoms with van der Waals surface area (Å²) in [6.07, 6.45) is 4.07. The van der Waals surface area contributed by atoms with Gasteiger partial charge in [0, 0.05) is 44.7 Å². The second-order valence-electron chi connectivity index (χ2n) is 3.87. The van der Waals surface area contributed by atoms with Crippen molar-refractivity contribution < 1.29 is 4.79 Å². The van der Waals surface area contributed by atoms with Crippen molar-refractivity contribution in [2.75, 3.05) is 26.2 Å². The molecule has 0 atom stereocenters. The van der Waals surface area contributed by atoms with Crippen LogP contribution in [0.1, 0.15) is 32.6 Å². The van der Waals surface area contributed by atoms with Crippen LogP contribution in [0.25, 0.3) is 0 Å². The average molecular weight is 231 g/mol. The number of piperazine rings is 1. The van der Waals surface area contributed by atoms with E-state index in [1.165, 1.54) is 18.6 Å². The number of nitrogens with two attached hydrogens (primary N) is 1. The number of nitrogens with zero attached hydrogens (tertiary/aromatic N) is 2. The van der Waals surface area contributed by atoms with Crippen molar-refractivity contribution in [2.24, 2.45) is 5.14 Å². The Morgan fingerprint density at radius 3 is 2.47 bits per heavy atom. The van der Waals surface area contributed by atoms with Gasteiger partial charge in [0.1, 0.15) is 0 Å². The van der Waals surface area contributed by atoms with Crippen LogP contribution in [0.4, 0.5) is 0 Å². The van der Waals surface area contributed by atoms with Crippen molar-refractivity contribution in [2.45, 2.75) is 32.6 Å². The van der Waals surface area contributed by atoms with Crippen LogP contribution in [-0.4, -0.2) is 41.3 Å². The van der Waals surface area contributed by atoms with Gasteiger partial charge in [0.25, 0.3) is 0 Å². The van der Waals surface area contributed by atoms with Crippen LogP contribution >= 0.6 is 12.1 Å². The third kappa shape index (κ3) is 4.40. The minimum absolute atomic E-state index is 0.310. The smallest absolute Gasteiger partial charge is 0.222 e. The van der Waals surface area contributed by atoms with Gasteiger partial charge in [-0.05, 0) is 6.42 Å². The molecule has 5 heteroatoms. The van der Waals surface area contributed by atoms with E-state index in [-0.39, 0.29) is 0 Å². The molecule has 0 aliphatic carbocycles. The van der Waals surface area contributed by atoms with Crippen molar-refractivity contribution in [3.05, 3.63) is 0 Å². The molecule has 88 valence electrons. The monoisotopic (exact) mass is 231 g/mol. The van der Waals surface area contributed by atoms with Gasteiger partial charge in [0.15, 0.2) is 0 Å². The van der Waals surface area contributed by atoms with Gasteiger partial charge in [-0.15, -0.1) is 0 Å². The summed E-state index contributed by atoms with van der Waals surface area (Å²) in [6, 6.07) is 0. The first kappa shape index (κ1) is 12.8. The highest BCUT2D eigenvalue weighted by Crippen LogP contribution is 2.10. The maximum Gasteiger partial charge on any atom is 0.222 e. The molecule has 2 N–H and O–H groups in total. The van der Waals surface area contributed by atoms with Gasteiger partial charge in [0.2, 0.25) is 5.91 Å². The Labute approximate surface area is 96.4 Å². The first-order chi connectivity index (χ1) is 7.27. The lowest BCUT2D eigenvalue weighted by atomic mass is 10.2. The third-order valence-electron chi connectivity index (χ3n) is 2.73. The van der Waals surface area contributed by atoms with E-state index in [1.807, 2.05) is 4.90 Å². The zero-order chi connectivity index (χ0) is 11.1. The van der Waals surface area contributed by atoms with Crippen molar-refractivity contribution in [3.8, 4) is 0 Å². The van der Waals surface area contributed by atoms with E-state index < -0.39 is 0 Å². The number of amides is 1. The molecule has 0 spiro atoms. The summed E-state index contributed by atoms with van der Waals surface area (Å²) < 4.78 is 2.09. The predicted molar refractivity (Wildman–Crippen MR) is 64.1 cm³/mol. The number of unbranched alkanes of at least 4 members (excludes halogenated alkanes) is 2. The van der Waals surface area contributed by atoms with Crippen LogP contribution in [0.2, 0.25) is 0 Å². The minimum atomic E-state index is 0.310. The predicted octanol–water partition coefficient (Wildman–Crippen LogP) is 1.23. The third-order valence-corrected chi connectivity index (χ3v) is 3.40. The maximum absolute atomic E-state index is 11.7. The number of rotatable bonds is 5. The largest absolute Gasteiger partial charge is 0.340 e. The molecule has 0 aromatic heterocycles. The number of hydrogen-bond donors (Lipinski definition) is 1. The molecule has 4 nitrogen and oxygen atoms in total. The highest BCUT2D eigenvalue weighted by molar-refractivity contribution is 7.94. The van der Waals surface area contributed by atoms with Gasteiger partial charge >= 0.3 is 0 Å². The number of carbonyl (C=O) groups is 1. The van der Waals surface area contributed by atoms with Crippen molar-refractivity contribution in [1.82, 2.24) is 9.21 Å². The molecule has 1 fully saturated rings. The molecule has 0 unspecified atom stereocenters. The summed E-state index contributed by atoms with van der Waals surface area (Å²) >= 11 is 1.28. The molecular weight excluding hydrogens is 210 g/mol. The Bertz CT molecular complexity index is 193. The Morgan fingerprint density at radius 2 is 1.93 bits per heavy atom. The number of carbonyl (C=O) groups excluding carboxylic acids is 1. The Hall–Kier alpha value is -0.260. The summed E-state index contributed by atoms with van der Waals surface area (Å²) in [6.45, 7) is 5.59. The van der Waals surface area contributed by atoms with Gasteiger partial charge < -0.3 is 4.90 Å². The minimum Gasteiger partial charge on any atom is -0.340 e. The zero-order valence-electron chi connectivity index (χ0n) is 9.45. The molecule has 1 saturated heterocycles. The fourth-order valence-corrected chi connectivity index (χ4v) is 2.10. The highest BCUT2D eigenvalue weighted by atomic mass is 32.2. The summed E-state index contributed by atoms with van der Waals surface area (Å²) in [5, 5.41) is 5.46. The van der Waals surface area contributed by atoms with Crippen LogP contribution in [-0.2, 0) is 4.79 Å². The van der Waals surface area contributed by atoms with Crippen LogP contribution in [0, 0.1) is 0 Å². The molecule has 0 bridgehead atoms. The van der Waals surface area contributed by atoms with Gasteiger partial charge in [-0.1, -0.05) is 19.8 Å². The quantitative estimate of drug-likeness (QED) is 0.571. The normalized spacial score (nSPS) is 18.1. The van der Waals surface area contributed by atoms with Gasteiger partial charge in [-0.25, -0.2) is 4.31 Å². The van der Waals surface area contributed by atoms with Crippen molar-refractivity contribution >= 4 is 18.0 Å². The first-order valence-electron chi connectivity index (χ1n) is 5.67. The van der Waals surface area contributed by atoms with Gasteiger partial charge in [0.05, 0.1) is 0 Å². The van der Waals surface area contributed by atoms with Crippen molar-refractivity contribution in [3.63, 3.8) is 0 Å². The lowest BCUT2D eigenvalue weighted by Crippen LogP contribution is -2.46. The van der Waals surface area contributed by atoms with Gasteiger partial charge in [-0.2, -0.15) is 0 Å². The fraction of sp³-hybridized carbons (Fsp3) is 0.900. The fourth-order valence-electron chi connectivity index (χ4n) is 1.73. The van der Waals surface area contributed by atoms with Crippen molar-refractivity contribution in [1.29, 1.82) is 0 Å². The first-order valence-corrected chi connectivity index (χ1v) is 6.51. The molecule has 1 heterocycles. The van der Waals surface area contributed by atoms with Crippen LogP contribution in [0.15, 0.2) is 0 Å². The van der Waals surface area contributed by atoms with E-state index in [2.05, 4.69) is 11.2 Å². The summed E-state index contributed by atoms with van der Waals surface area (Å²) in [5.74, 6) is 0.310. The molecule has 1 aliphatic rings. The van der Waals surface area contributed by atoms with Crippen LogP contribution in [0.3, 0.4) is 0 Å². The molecule has 1 rings (SSSR count). The van der Waals surface area contributed by atoms with E-state index in [0.29, 0.717) is 12.3 Å². The lowest BCUT2D eigenvalue weighted by Gasteiger charge is -2.32. The standard InChI is InChI=1S/C10H21N3OS/c1-2-3-4-5-10(14)12-6-8-13(15-11)9-7-12/h2-9,11H2,1H3.